The monoisotopic (exact) mass is 941 g/mol. The van der Waals surface area contributed by atoms with Crippen molar-refractivity contribution in [1.82, 2.24) is 10.6 Å². The van der Waals surface area contributed by atoms with E-state index >= 15 is 0 Å². The second-order valence-electron chi connectivity index (χ2n) is 19.4. The summed E-state index contributed by atoms with van der Waals surface area (Å²) in [4.78, 5) is 101. The quantitative estimate of drug-likeness (QED) is 0.0328. The van der Waals surface area contributed by atoms with Crippen LogP contribution in [0.5, 0.6) is 0 Å². The van der Waals surface area contributed by atoms with Crippen molar-refractivity contribution in [2.45, 2.75) is 142 Å². The van der Waals surface area contributed by atoms with Crippen LogP contribution in [0.3, 0.4) is 0 Å². The lowest BCUT2D eigenvalue weighted by Crippen LogP contribution is -2.46. The molecule has 5 atom stereocenters. The average Bonchev–Trinajstić information content (AvgIpc) is 3.32. The fourth-order valence-corrected chi connectivity index (χ4v) is 9.21. The number of rotatable bonds is 32. The number of hydrogen-bond donors (Lipinski definition) is 6. The Hall–Kier alpha value is -5.76. The van der Waals surface area contributed by atoms with Crippen molar-refractivity contribution in [2.75, 3.05) is 13.1 Å². The number of unbranched alkanes of at least 4 members (excludes halogenated alkanes) is 2. The summed E-state index contributed by atoms with van der Waals surface area (Å²) in [5.74, 6) is -7.51. The van der Waals surface area contributed by atoms with Gasteiger partial charge in [-0.3, -0.25) is 38.4 Å². The Morgan fingerprint density at radius 1 is 0.676 bits per heavy atom. The molecule has 1 aliphatic rings. The minimum atomic E-state index is -1.31. The third kappa shape index (κ3) is 18.4. The molecule has 3 aromatic rings. The second-order valence-corrected chi connectivity index (χ2v) is 19.4. The maximum Gasteiger partial charge on any atom is 0.306 e. The number of carbonyl (C=O) groups excluding carboxylic acids is 5. The van der Waals surface area contributed by atoms with Gasteiger partial charge in [-0.1, -0.05) is 100 Å². The maximum absolute atomic E-state index is 13.8. The molecule has 0 aliphatic heterocycles. The minimum absolute atomic E-state index is 0.0469. The van der Waals surface area contributed by atoms with Crippen molar-refractivity contribution in [1.29, 1.82) is 0 Å². The van der Waals surface area contributed by atoms with E-state index in [9.17, 15) is 48.6 Å². The van der Waals surface area contributed by atoms with Gasteiger partial charge in [0, 0.05) is 57.0 Å². The highest BCUT2D eigenvalue weighted by molar-refractivity contribution is 5.91. The SMILES string of the molecule is [2H]NCC(CCC(=O)C(C)c1ccc(CC(C)C)cc1)C(=O)NCC1CCC(C(=O)NC(Cc2ccc3ccccc3c2)C(=O)CCCCCC(CC(=O)CC(CCC(=O)O)C(=O)O)C(=O)O)CC1. The predicted molar refractivity (Wildman–Crippen MR) is 260 cm³/mol. The molecule has 0 aromatic heterocycles. The van der Waals surface area contributed by atoms with Gasteiger partial charge >= 0.3 is 17.9 Å². The van der Waals surface area contributed by atoms with Gasteiger partial charge in [-0.2, -0.15) is 0 Å². The summed E-state index contributed by atoms with van der Waals surface area (Å²) in [5, 5.41) is 36.2. The lowest BCUT2D eigenvalue weighted by atomic mass is 9.81. The molecular formula is C54H73N3O11. The number of Topliss-reactive ketones (excluding diaryl/α,β-unsaturated/α-hetero) is 3. The summed E-state index contributed by atoms with van der Waals surface area (Å²) < 4.78 is 7.57. The molecule has 5 unspecified atom stereocenters. The van der Waals surface area contributed by atoms with E-state index in [1.54, 1.807) is 0 Å². The Labute approximate surface area is 402 Å². The molecule has 0 heterocycles. The Kier molecular flexibility index (Phi) is 21.8. The fourth-order valence-electron chi connectivity index (χ4n) is 9.21. The van der Waals surface area contributed by atoms with Crippen molar-refractivity contribution in [3.05, 3.63) is 83.4 Å². The number of carboxylic acids is 3. The van der Waals surface area contributed by atoms with E-state index in [1.165, 1.54) is 5.56 Å². The molecule has 0 radical (unpaired) electrons. The number of nitrogens with two attached hydrogens (primary N) is 1. The van der Waals surface area contributed by atoms with Crippen molar-refractivity contribution >= 4 is 57.8 Å². The number of hydrogen-bond acceptors (Lipinski definition) is 9. The van der Waals surface area contributed by atoms with Gasteiger partial charge in [0.15, 0.2) is 5.78 Å². The number of nitrogens with one attached hydrogen (secondary N) is 2. The summed E-state index contributed by atoms with van der Waals surface area (Å²) in [5.41, 5.74) is 5.42. The van der Waals surface area contributed by atoms with Crippen LogP contribution < -0.4 is 16.4 Å². The molecule has 7 N–H and O–H groups in total. The van der Waals surface area contributed by atoms with Crippen LogP contribution in [0.2, 0.25) is 1.41 Å². The van der Waals surface area contributed by atoms with Gasteiger partial charge in [-0.05, 0) is 104 Å². The Morgan fingerprint density at radius 2 is 1.31 bits per heavy atom. The number of amides is 2. The van der Waals surface area contributed by atoms with E-state index < -0.39 is 60.3 Å². The first-order chi connectivity index (χ1) is 32.9. The maximum atomic E-state index is 13.8. The van der Waals surface area contributed by atoms with Crippen molar-refractivity contribution < 1.29 is 55.1 Å². The first-order valence-electron chi connectivity index (χ1n) is 25.0. The molecule has 370 valence electrons. The van der Waals surface area contributed by atoms with Crippen LogP contribution in [-0.4, -0.2) is 81.5 Å². The molecule has 0 bridgehead atoms. The van der Waals surface area contributed by atoms with Gasteiger partial charge in [0.1, 0.15) is 13.0 Å². The van der Waals surface area contributed by atoms with Crippen LogP contribution in [-0.2, 0) is 51.2 Å². The zero-order valence-corrected chi connectivity index (χ0v) is 40.0. The van der Waals surface area contributed by atoms with Crippen LogP contribution >= 0.6 is 0 Å². The lowest BCUT2D eigenvalue weighted by molar-refractivity contribution is -0.146. The molecule has 68 heavy (non-hydrogen) atoms. The van der Waals surface area contributed by atoms with Crippen molar-refractivity contribution in [3.63, 3.8) is 0 Å². The Bertz CT molecular complexity index is 2200. The highest BCUT2D eigenvalue weighted by Gasteiger charge is 2.31. The molecular weight excluding hydrogens is 867 g/mol. The van der Waals surface area contributed by atoms with E-state index in [4.69, 9.17) is 6.52 Å². The number of carbonyl (C=O) groups is 8. The number of aliphatic carboxylic acids is 3. The summed E-state index contributed by atoms with van der Waals surface area (Å²) in [6.07, 6.45) is 4.49. The van der Waals surface area contributed by atoms with Gasteiger partial charge in [-0.15, -0.1) is 0 Å². The number of ketones is 3. The number of carboxylic acid groups (broad SMARTS) is 3. The van der Waals surface area contributed by atoms with Crippen LogP contribution in [0.1, 0.15) is 140 Å². The molecule has 3 aromatic carbocycles. The van der Waals surface area contributed by atoms with Crippen LogP contribution in [0.4, 0.5) is 0 Å². The van der Waals surface area contributed by atoms with Crippen LogP contribution in [0, 0.1) is 35.5 Å². The van der Waals surface area contributed by atoms with E-state index in [1.807, 2.05) is 61.5 Å². The largest absolute Gasteiger partial charge is 0.481 e. The van der Waals surface area contributed by atoms with E-state index in [0.29, 0.717) is 63.8 Å². The zero-order chi connectivity index (χ0) is 50.5. The first-order valence-corrected chi connectivity index (χ1v) is 24.5. The van der Waals surface area contributed by atoms with Crippen LogP contribution in [0.15, 0.2) is 66.7 Å². The van der Waals surface area contributed by atoms with Gasteiger partial charge in [0.2, 0.25) is 11.8 Å². The predicted octanol–water partition coefficient (Wildman–Crippen LogP) is 7.85. The molecule has 1 aliphatic carbocycles. The van der Waals surface area contributed by atoms with E-state index in [2.05, 4.69) is 42.3 Å². The standard InChI is InChI=1S/C54H73N3O11/c1-34(2)27-36-13-18-39(19-14-36)35(3)48(59)25-23-45(32-55)51(63)56-33-37-15-21-41(22-16-37)52(64)57-47(29-38-17-20-40-9-7-8-10-42(40)28-38)49(60)12-6-4-5-11-43(53(65)66)30-46(58)31-44(54(67)68)24-26-50(61)62/h7-10,13-14,17-20,28,34-35,37,41,43-45,47H,4-6,11-12,15-16,21-27,29-33,55H2,1-3H3,(H,56,63)(H,57,64)(H,61,62)(H,65,66)(H,67,68)/i/hD. The fraction of sp³-hybridized carbons (Fsp3) is 0.556. The molecule has 4 rings (SSSR count). The van der Waals surface area contributed by atoms with E-state index in [0.717, 1.165) is 28.3 Å². The van der Waals surface area contributed by atoms with Gasteiger partial charge in [-0.25, -0.2) is 0 Å². The van der Waals surface area contributed by atoms with Crippen LogP contribution in [0.25, 0.3) is 10.8 Å². The summed E-state index contributed by atoms with van der Waals surface area (Å²) in [6.45, 7) is 6.76. The molecule has 1 fully saturated rings. The van der Waals surface area contributed by atoms with Crippen molar-refractivity contribution in [3.8, 4) is 0 Å². The third-order valence-corrected chi connectivity index (χ3v) is 13.5. The summed E-state index contributed by atoms with van der Waals surface area (Å²) in [7, 11) is 0. The highest BCUT2D eigenvalue weighted by Crippen LogP contribution is 2.30. The Morgan fingerprint density at radius 3 is 1.94 bits per heavy atom. The van der Waals surface area contributed by atoms with Gasteiger partial charge < -0.3 is 31.7 Å². The van der Waals surface area contributed by atoms with Gasteiger partial charge in [0.05, 0.1) is 23.8 Å². The average molecular weight is 941 g/mol. The molecule has 2 amide bonds. The number of benzene rings is 3. The zero-order valence-electron chi connectivity index (χ0n) is 41.0. The second kappa shape index (κ2) is 27.9. The molecule has 0 spiro atoms. The summed E-state index contributed by atoms with van der Waals surface area (Å²) in [6, 6.07) is 21.2. The van der Waals surface area contributed by atoms with E-state index in [-0.39, 0.29) is 86.2 Å². The van der Waals surface area contributed by atoms with Crippen molar-refractivity contribution in [2.24, 2.45) is 41.2 Å². The van der Waals surface area contributed by atoms with Gasteiger partial charge in [0.25, 0.3) is 0 Å². The highest BCUT2D eigenvalue weighted by atomic mass is 16.4. The number of fused-ring (bicyclic) bond motifs is 1. The molecule has 1 saturated carbocycles. The lowest BCUT2D eigenvalue weighted by Gasteiger charge is -2.29. The molecule has 14 nitrogen and oxygen atoms in total. The summed E-state index contributed by atoms with van der Waals surface area (Å²) >= 11 is 0. The normalized spacial score (nSPS) is 17.3. The smallest absolute Gasteiger partial charge is 0.306 e. The third-order valence-electron chi connectivity index (χ3n) is 13.5. The minimum Gasteiger partial charge on any atom is -0.481 e. The molecule has 0 saturated heterocycles. The topological polar surface area (TPSA) is 247 Å². The first kappa shape index (κ1) is 53.2. The Balaban J connectivity index is 1.26. The molecule has 14 heteroatoms.